The molecule has 1 aromatic rings. The summed E-state index contributed by atoms with van der Waals surface area (Å²) >= 11 is 0. The summed E-state index contributed by atoms with van der Waals surface area (Å²) in [7, 11) is 0. The Kier molecular flexibility index (Phi) is 8.64. The fourth-order valence-electron chi connectivity index (χ4n) is 3.06. The molecule has 0 aromatic heterocycles. The molecule has 0 unspecified atom stereocenters. The fraction of sp³-hybridized carbons (Fsp3) is 0.632. The van der Waals surface area contributed by atoms with Gasteiger partial charge in [0.1, 0.15) is 0 Å². The molecule has 130 valence electrons. The van der Waals surface area contributed by atoms with Crippen molar-refractivity contribution in [2.45, 2.75) is 46.0 Å². The summed E-state index contributed by atoms with van der Waals surface area (Å²) in [5.41, 5.74) is 1.56. The van der Waals surface area contributed by atoms with E-state index in [1.165, 1.54) is 12.0 Å². The lowest BCUT2D eigenvalue weighted by molar-refractivity contribution is -0.126. The van der Waals surface area contributed by atoms with Crippen molar-refractivity contribution in [3.8, 4) is 0 Å². The predicted molar refractivity (Wildman–Crippen MR) is 99.0 cm³/mol. The maximum absolute atomic E-state index is 12.2. The monoisotopic (exact) mass is 338 g/mol. The van der Waals surface area contributed by atoms with Crippen LogP contribution in [0.4, 0.5) is 0 Å². The second-order valence-electron chi connectivity index (χ2n) is 7.25. The minimum atomic E-state index is 0. The van der Waals surface area contributed by atoms with Gasteiger partial charge in [-0.25, -0.2) is 0 Å². The summed E-state index contributed by atoms with van der Waals surface area (Å²) in [5, 5.41) is 6.48. The van der Waals surface area contributed by atoms with Crippen LogP contribution in [-0.4, -0.2) is 25.5 Å². The van der Waals surface area contributed by atoms with E-state index in [9.17, 15) is 4.79 Å². The van der Waals surface area contributed by atoms with Gasteiger partial charge in [-0.1, -0.05) is 44.2 Å². The van der Waals surface area contributed by atoms with Gasteiger partial charge in [0.15, 0.2) is 0 Å². The van der Waals surface area contributed by atoms with Crippen molar-refractivity contribution >= 4 is 18.3 Å². The lowest BCUT2D eigenvalue weighted by Crippen LogP contribution is -2.41. The van der Waals surface area contributed by atoms with E-state index >= 15 is 0 Å². The maximum Gasteiger partial charge on any atom is 0.223 e. The van der Waals surface area contributed by atoms with Crippen LogP contribution in [0.15, 0.2) is 30.3 Å². The number of aryl methyl sites for hydroxylation is 1. The first-order valence-electron chi connectivity index (χ1n) is 8.59. The SMILES string of the molecule is CC(C)(CCCc1ccccc1)CNC(=O)C1CCNCC1.Cl. The summed E-state index contributed by atoms with van der Waals surface area (Å²) in [6, 6.07) is 10.6. The van der Waals surface area contributed by atoms with Gasteiger partial charge in [0.25, 0.3) is 0 Å². The van der Waals surface area contributed by atoms with Gasteiger partial charge in [-0.3, -0.25) is 4.79 Å². The molecule has 0 spiro atoms. The average Bonchev–Trinajstić information content (AvgIpc) is 2.54. The molecule has 0 saturated carbocycles. The third-order valence-electron chi connectivity index (χ3n) is 4.61. The number of piperidine rings is 1. The Hall–Kier alpha value is -1.06. The Balaban J connectivity index is 0.00000264. The number of rotatable bonds is 7. The summed E-state index contributed by atoms with van der Waals surface area (Å²) in [6.45, 7) is 7.23. The van der Waals surface area contributed by atoms with Crippen LogP contribution in [0.3, 0.4) is 0 Å². The number of hydrogen-bond acceptors (Lipinski definition) is 2. The molecule has 2 N–H and O–H groups in total. The largest absolute Gasteiger partial charge is 0.355 e. The molecular formula is C19H31ClN2O. The first kappa shape index (κ1) is 20.0. The highest BCUT2D eigenvalue weighted by molar-refractivity contribution is 5.85. The summed E-state index contributed by atoms with van der Waals surface area (Å²) in [4.78, 5) is 12.2. The molecule has 0 radical (unpaired) electrons. The third kappa shape index (κ3) is 7.36. The van der Waals surface area contributed by atoms with Crippen LogP contribution in [0.25, 0.3) is 0 Å². The van der Waals surface area contributed by atoms with Crippen LogP contribution in [0, 0.1) is 11.3 Å². The van der Waals surface area contributed by atoms with Crippen LogP contribution in [0.5, 0.6) is 0 Å². The minimum absolute atomic E-state index is 0. The molecule has 0 bridgehead atoms. The number of benzene rings is 1. The highest BCUT2D eigenvalue weighted by atomic mass is 35.5. The van der Waals surface area contributed by atoms with Gasteiger partial charge in [-0.2, -0.15) is 0 Å². The van der Waals surface area contributed by atoms with Crippen molar-refractivity contribution in [3.05, 3.63) is 35.9 Å². The molecule has 0 atom stereocenters. The van der Waals surface area contributed by atoms with Crippen molar-refractivity contribution in [1.82, 2.24) is 10.6 Å². The van der Waals surface area contributed by atoms with Crippen LogP contribution >= 0.6 is 12.4 Å². The normalized spacial score (nSPS) is 15.7. The lowest BCUT2D eigenvalue weighted by atomic mass is 9.86. The molecule has 2 rings (SSSR count). The zero-order valence-corrected chi connectivity index (χ0v) is 15.3. The Morgan fingerprint density at radius 3 is 2.52 bits per heavy atom. The molecule has 3 nitrogen and oxygen atoms in total. The van der Waals surface area contributed by atoms with E-state index in [0.29, 0.717) is 0 Å². The van der Waals surface area contributed by atoms with Gasteiger partial charge >= 0.3 is 0 Å². The van der Waals surface area contributed by atoms with Gasteiger partial charge < -0.3 is 10.6 Å². The quantitative estimate of drug-likeness (QED) is 0.798. The number of carbonyl (C=O) groups excluding carboxylic acids is 1. The molecular weight excluding hydrogens is 308 g/mol. The second-order valence-corrected chi connectivity index (χ2v) is 7.25. The Bertz CT molecular complexity index is 456. The highest BCUT2D eigenvalue weighted by Gasteiger charge is 2.23. The van der Waals surface area contributed by atoms with Crippen LogP contribution in [0.2, 0.25) is 0 Å². The molecule has 1 fully saturated rings. The van der Waals surface area contributed by atoms with E-state index in [-0.39, 0.29) is 29.6 Å². The first-order valence-corrected chi connectivity index (χ1v) is 8.59. The number of amides is 1. The van der Waals surface area contributed by atoms with Crippen molar-refractivity contribution in [3.63, 3.8) is 0 Å². The first-order chi connectivity index (χ1) is 10.6. The molecule has 0 aliphatic carbocycles. The number of halogens is 1. The fourth-order valence-corrected chi connectivity index (χ4v) is 3.06. The Morgan fingerprint density at radius 2 is 1.87 bits per heavy atom. The van der Waals surface area contributed by atoms with E-state index < -0.39 is 0 Å². The number of nitrogens with one attached hydrogen (secondary N) is 2. The second kappa shape index (κ2) is 9.94. The molecule has 4 heteroatoms. The van der Waals surface area contributed by atoms with Gasteiger partial charge in [-0.05, 0) is 56.2 Å². The van der Waals surface area contributed by atoms with Crippen LogP contribution in [0.1, 0.15) is 45.1 Å². The van der Waals surface area contributed by atoms with Crippen LogP contribution in [-0.2, 0) is 11.2 Å². The van der Waals surface area contributed by atoms with E-state index in [1.807, 2.05) is 0 Å². The molecule has 1 heterocycles. The number of carbonyl (C=O) groups is 1. The average molecular weight is 339 g/mol. The van der Waals surface area contributed by atoms with E-state index in [2.05, 4.69) is 54.8 Å². The zero-order valence-electron chi connectivity index (χ0n) is 14.4. The van der Waals surface area contributed by atoms with Crippen LogP contribution < -0.4 is 10.6 Å². The summed E-state index contributed by atoms with van der Waals surface area (Å²) in [5.74, 6) is 0.457. The lowest BCUT2D eigenvalue weighted by Gasteiger charge is -2.27. The summed E-state index contributed by atoms with van der Waals surface area (Å²) < 4.78 is 0. The smallest absolute Gasteiger partial charge is 0.223 e. The molecule has 1 aliphatic rings. The van der Waals surface area contributed by atoms with Crippen molar-refractivity contribution in [2.24, 2.45) is 11.3 Å². The van der Waals surface area contributed by atoms with E-state index in [1.54, 1.807) is 0 Å². The molecule has 1 amide bonds. The van der Waals surface area contributed by atoms with Gasteiger partial charge in [-0.15, -0.1) is 12.4 Å². The minimum Gasteiger partial charge on any atom is -0.355 e. The molecule has 1 aliphatic heterocycles. The maximum atomic E-state index is 12.2. The molecule has 1 aromatic carbocycles. The topological polar surface area (TPSA) is 41.1 Å². The standard InChI is InChI=1S/C19H30N2O.ClH/c1-19(2,12-6-9-16-7-4-3-5-8-16)15-21-18(22)17-10-13-20-14-11-17;/h3-5,7-8,17,20H,6,9-15H2,1-2H3,(H,21,22);1H. The van der Waals surface area contributed by atoms with Crippen molar-refractivity contribution < 1.29 is 4.79 Å². The van der Waals surface area contributed by atoms with Gasteiger partial charge in [0, 0.05) is 12.5 Å². The van der Waals surface area contributed by atoms with Gasteiger partial charge in [0.2, 0.25) is 5.91 Å². The zero-order chi connectivity index (χ0) is 15.8. The number of hydrogen-bond donors (Lipinski definition) is 2. The highest BCUT2D eigenvalue weighted by Crippen LogP contribution is 2.23. The Morgan fingerprint density at radius 1 is 1.22 bits per heavy atom. The predicted octanol–water partition coefficient (Wildman–Crippen LogP) is 3.57. The summed E-state index contributed by atoms with van der Waals surface area (Å²) in [6.07, 6.45) is 5.36. The molecule has 1 saturated heterocycles. The van der Waals surface area contributed by atoms with Crippen molar-refractivity contribution in [1.29, 1.82) is 0 Å². The van der Waals surface area contributed by atoms with E-state index in [4.69, 9.17) is 0 Å². The van der Waals surface area contributed by atoms with E-state index in [0.717, 1.165) is 45.3 Å². The van der Waals surface area contributed by atoms with Crippen molar-refractivity contribution in [2.75, 3.05) is 19.6 Å². The third-order valence-corrected chi connectivity index (χ3v) is 4.61. The van der Waals surface area contributed by atoms with Gasteiger partial charge in [0.05, 0.1) is 0 Å². The Labute approximate surface area is 147 Å². The molecule has 23 heavy (non-hydrogen) atoms.